The highest BCUT2D eigenvalue weighted by Gasteiger charge is 2.33. The first kappa shape index (κ1) is 23.2. The van der Waals surface area contributed by atoms with Crippen LogP contribution in [0.3, 0.4) is 0 Å². The summed E-state index contributed by atoms with van der Waals surface area (Å²) in [6.07, 6.45) is -4.38. The molecule has 2 amide bonds. The van der Waals surface area contributed by atoms with Crippen molar-refractivity contribution in [1.82, 2.24) is 4.98 Å². The molecule has 3 aromatic rings. The minimum Gasteiger partial charge on any atom is -0.435 e. The average molecular weight is 458 g/mol. The maximum absolute atomic E-state index is 14.6. The van der Waals surface area contributed by atoms with E-state index in [0.717, 1.165) is 6.07 Å². The molecule has 0 saturated carbocycles. The average Bonchev–Trinajstić information content (AvgIpc) is 2.76. The maximum Gasteiger partial charge on any atom is 0.417 e. The number of halogens is 4. The van der Waals surface area contributed by atoms with Crippen LogP contribution in [-0.2, 0) is 6.18 Å². The van der Waals surface area contributed by atoms with Gasteiger partial charge in [0.2, 0.25) is 11.8 Å². The minimum absolute atomic E-state index is 0.0347. The molecule has 0 unspecified atom stereocenters. The summed E-state index contributed by atoms with van der Waals surface area (Å²) in [5, 5.41) is 11.3. The van der Waals surface area contributed by atoms with Crippen molar-refractivity contribution in [2.75, 3.05) is 5.32 Å². The summed E-state index contributed by atoms with van der Waals surface area (Å²) >= 11 is 0. The molecule has 0 spiro atoms. The zero-order valence-corrected chi connectivity index (χ0v) is 16.8. The van der Waals surface area contributed by atoms with Crippen molar-refractivity contribution in [3.05, 3.63) is 82.3 Å². The van der Waals surface area contributed by atoms with E-state index < -0.39 is 46.6 Å². The first-order valence-corrected chi connectivity index (χ1v) is 9.16. The summed E-state index contributed by atoms with van der Waals surface area (Å²) in [7, 11) is 0. The normalized spacial score (nSPS) is 10.9. The lowest BCUT2D eigenvalue weighted by Crippen LogP contribution is -2.17. The molecule has 0 radical (unpaired) electrons. The molecule has 0 bridgehead atoms. The Morgan fingerprint density at radius 1 is 1.18 bits per heavy atom. The molecule has 0 aliphatic carbocycles. The van der Waals surface area contributed by atoms with Crippen LogP contribution >= 0.6 is 0 Å². The zero-order valence-electron chi connectivity index (χ0n) is 16.8. The number of ether oxygens (including phenoxy) is 1. The highest BCUT2D eigenvalue weighted by atomic mass is 19.4. The molecular formula is C22H14F4N4O3. The number of rotatable bonds is 5. The summed E-state index contributed by atoms with van der Waals surface area (Å²) in [5.41, 5.74) is 3.43. The van der Waals surface area contributed by atoms with Crippen molar-refractivity contribution in [2.45, 2.75) is 13.1 Å². The van der Waals surface area contributed by atoms with E-state index in [-0.39, 0.29) is 22.4 Å². The topological polar surface area (TPSA) is 118 Å². The fourth-order valence-corrected chi connectivity index (χ4v) is 2.76. The van der Waals surface area contributed by atoms with Gasteiger partial charge in [0.15, 0.2) is 11.6 Å². The van der Waals surface area contributed by atoms with Gasteiger partial charge in [-0.15, -0.1) is 0 Å². The molecule has 168 valence electrons. The Morgan fingerprint density at radius 2 is 1.91 bits per heavy atom. The predicted molar refractivity (Wildman–Crippen MR) is 108 cm³/mol. The molecule has 0 aliphatic heterocycles. The Morgan fingerprint density at radius 3 is 2.55 bits per heavy atom. The summed E-state index contributed by atoms with van der Waals surface area (Å²) < 4.78 is 59.5. The van der Waals surface area contributed by atoms with Crippen LogP contribution in [0.2, 0.25) is 0 Å². The number of nitrogens with one attached hydrogen (secondary N) is 1. The van der Waals surface area contributed by atoms with Crippen LogP contribution in [0.25, 0.3) is 0 Å². The van der Waals surface area contributed by atoms with E-state index in [1.54, 1.807) is 6.07 Å². The van der Waals surface area contributed by atoms with Gasteiger partial charge >= 0.3 is 6.18 Å². The molecule has 2 aromatic carbocycles. The lowest BCUT2D eigenvalue weighted by atomic mass is 10.1. The SMILES string of the molecule is Cc1c(C#N)ccc(Oc2ncc(C(F)(F)F)cc2C(=O)Nc2cccc(C(N)=O)c2)c1F. The van der Waals surface area contributed by atoms with Gasteiger partial charge in [0.1, 0.15) is 5.56 Å². The molecule has 11 heteroatoms. The standard InChI is InChI=1S/C22H14F4N4O3/c1-11-13(9-27)5-6-17(18(11)23)33-21-16(8-14(10-29-21)22(24,25)26)20(32)30-15-4-2-3-12(7-15)19(28)31/h2-8,10H,1H3,(H2,28,31)(H,30,32). The van der Waals surface area contributed by atoms with E-state index in [4.69, 9.17) is 15.7 Å². The van der Waals surface area contributed by atoms with E-state index in [1.165, 1.54) is 37.3 Å². The number of primary amides is 1. The number of carbonyl (C=O) groups is 2. The number of carbonyl (C=O) groups excluding carboxylic acids is 2. The second-order valence-electron chi connectivity index (χ2n) is 6.74. The Kier molecular flexibility index (Phi) is 6.30. The van der Waals surface area contributed by atoms with Crippen molar-refractivity contribution >= 4 is 17.5 Å². The summed E-state index contributed by atoms with van der Waals surface area (Å²) in [6.45, 7) is 1.32. The van der Waals surface area contributed by atoms with Gasteiger partial charge in [-0.2, -0.15) is 18.4 Å². The van der Waals surface area contributed by atoms with E-state index in [2.05, 4.69) is 10.3 Å². The smallest absolute Gasteiger partial charge is 0.417 e. The Hall–Kier alpha value is -4.46. The van der Waals surface area contributed by atoms with Crippen molar-refractivity contribution < 1.29 is 31.9 Å². The molecular weight excluding hydrogens is 444 g/mol. The first-order valence-electron chi connectivity index (χ1n) is 9.16. The monoisotopic (exact) mass is 458 g/mol. The van der Waals surface area contributed by atoms with Gasteiger partial charge in [-0.05, 0) is 43.3 Å². The van der Waals surface area contributed by atoms with Gasteiger partial charge < -0.3 is 15.8 Å². The van der Waals surface area contributed by atoms with Crippen LogP contribution in [0.1, 0.15) is 37.4 Å². The van der Waals surface area contributed by atoms with Crippen LogP contribution < -0.4 is 15.8 Å². The largest absolute Gasteiger partial charge is 0.435 e. The molecule has 0 saturated heterocycles. The number of anilines is 1. The number of nitrogens with two attached hydrogens (primary N) is 1. The summed E-state index contributed by atoms with van der Waals surface area (Å²) in [6, 6.07) is 10.0. The van der Waals surface area contributed by atoms with Crippen LogP contribution in [-0.4, -0.2) is 16.8 Å². The van der Waals surface area contributed by atoms with Gasteiger partial charge in [-0.25, -0.2) is 9.37 Å². The summed E-state index contributed by atoms with van der Waals surface area (Å²) in [4.78, 5) is 27.7. The number of hydrogen-bond donors (Lipinski definition) is 2. The third-order valence-corrected chi connectivity index (χ3v) is 4.51. The molecule has 33 heavy (non-hydrogen) atoms. The number of nitriles is 1. The third kappa shape index (κ3) is 5.07. The first-order chi connectivity index (χ1) is 15.5. The van der Waals surface area contributed by atoms with E-state index in [0.29, 0.717) is 12.3 Å². The van der Waals surface area contributed by atoms with Crippen molar-refractivity contribution in [1.29, 1.82) is 5.26 Å². The molecule has 7 nitrogen and oxygen atoms in total. The number of pyridine rings is 1. The third-order valence-electron chi connectivity index (χ3n) is 4.51. The fraction of sp³-hybridized carbons (Fsp3) is 0.0909. The van der Waals surface area contributed by atoms with Crippen molar-refractivity contribution in [3.8, 4) is 17.7 Å². The Labute approximate surface area is 184 Å². The molecule has 0 fully saturated rings. The van der Waals surface area contributed by atoms with Crippen LogP contribution in [0.15, 0.2) is 48.7 Å². The highest BCUT2D eigenvalue weighted by molar-refractivity contribution is 6.06. The lowest BCUT2D eigenvalue weighted by molar-refractivity contribution is -0.137. The Balaban J connectivity index is 2.03. The second-order valence-corrected chi connectivity index (χ2v) is 6.74. The van der Waals surface area contributed by atoms with Gasteiger partial charge in [0.25, 0.3) is 5.91 Å². The van der Waals surface area contributed by atoms with E-state index >= 15 is 0 Å². The molecule has 1 aromatic heterocycles. The molecule has 0 atom stereocenters. The number of nitrogens with zero attached hydrogens (tertiary/aromatic N) is 2. The number of amides is 2. The predicted octanol–water partition coefficient (Wildman–Crippen LogP) is 4.56. The van der Waals surface area contributed by atoms with E-state index in [9.17, 15) is 27.2 Å². The van der Waals surface area contributed by atoms with Gasteiger partial charge in [0, 0.05) is 23.0 Å². The van der Waals surface area contributed by atoms with Crippen molar-refractivity contribution in [2.24, 2.45) is 5.73 Å². The van der Waals surface area contributed by atoms with Crippen LogP contribution in [0.4, 0.5) is 23.2 Å². The number of benzene rings is 2. The van der Waals surface area contributed by atoms with Gasteiger partial charge in [-0.3, -0.25) is 9.59 Å². The number of aromatic nitrogens is 1. The van der Waals surface area contributed by atoms with E-state index in [1.807, 2.05) is 0 Å². The maximum atomic E-state index is 14.6. The van der Waals surface area contributed by atoms with Gasteiger partial charge in [-0.1, -0.05) is 6.07 Å². The second kappa shape index (κ2) is 8.96. The number of hydrogen-bond acceptors (Lipinski definition) is 5. The fourth-order valence-electron chi connectivity index (χ4n) is 2.76. The molecule has 1 heterocycles. The molecule has 3 rings (SSSR count). The van der Waals surface area contributed by atoms with Crippen LogP contribution in [0.5, 0.6) is 11.6 Å². The van der Waals surface area contributed by atoms with Crippen LogP contribution in [0, 0.1) is 24.1 Å². The molecule has 3 N–H and O–H groups in total. The van der Waals surface area contributed by atoms with Gasteiger partial charge in [0.05, 0.1) is 17.2 Å². The zero-order chi connectivity index (χ0) is 24.3. The summed E-state index contributed by atoms with van der Waals surface area (Å²) in [5.74, 6) is -3.81. The highest BCUT2D eigenvalue weighted by Crippen LogP contribution is 2.34. The lowest BCUT2D eigenvalue weighted by Gasteiger charge is -2.14. The Bertz CT molecular complexity index is 1300. The number of alkyl halides is 3. The minimum atomic E-state index is -4.82. The quantitative estimate of drug-likeness (QED) is 0.544. The van der Waals surface area contributed by atoms with Crippen molar-refractivity contribution in [3.63, 3.8) is 0 Å². The molecule has 0 aliphatic rings.